The molecule has 0 radical (unpaired) electrons. The highest BCUT2D eigenvalue weighted by molar-refractivity contribution is 6.63. The first-order chi connectivity index (χ1) is 8.56. The van der Waals surface area contributed by atoms with Gasteiger partial charge in [-0.15, -0.1) is 0 Å². The van der Waals surface area contributed by atoms with Gasteiger partial charge < -0.3 is 9.57 Å². The lowest BCUT2D eigenvalue weighted by molar-refractivity contribution is -0.136. The van der Waals surface area contributed by atoms with Gasteiger partial charge in [0, 0.05) is 6.92 Å². The minimum atomic E-state index is -0.714. The molecule has 102 valence electrons. The number of rotatable bonds is 5. The average Bonchev–Trinajstić information content (AvgIpc) is 2.31. The molecule has 0 bridgehead atoms. The Morgan fingerprint density at radius 2 is 1.94 bits per heavy atom. The van der Waals surface area contributed by atoms with Crippen molar-refractivity contribution in [2.24, 2.45) is 11.1 Å². The Morgan fingerprint density at radius 1 is 1.28 bits per heavy atom. The van der Waals surface area contributed by atoms with Crippen LogP contribution in [0.15, 0.2) is 5.16 Å². The molecule has 2 atom stereocenters. The van der Waals surface area contributed by atoms with E-state index >= 15 is 0 Å². The van der Waals surface area contributed by atoms with Gasteiger partial charge in [-0.25, -0.2) is 4.79 Å². The topological polar surface area (TPSA) is 65.0 Å². The monoisotopic (exact) mass is 255 g/mol. The minimum absolute atomic E-state index is 0.0115. The van der Waals surface area contributed by atoms with Gasteiger partial charge in [-0.3, -0.25) is 4.79 Å². The van der Waals surface area contributed by atoms with Crippen molar-refractivity contribution in [2.45, 2.75) is 52.6 Å². The molecule has 0 amide bonds. The second-order valence-electron chi connectivity index (χ2n) is 4.62. The van der Waals surface area contributed by atoms with Crippen LogP contribution in [-0.4, -0.2) is 30.2 Å². The first-order valence-corrected chi connectivity index (χ1v) is 6.48. The standard InChI is InChI=1S/C13H21NO4/c1-4-17-13(16)12(10(3)15)14-18-11-8-6-5-7-9(11)2/h9,11H,4-8H2,1-3H3/b14-12-/t9-,11+/m0/s1. The highest BCUT2D eigenvalue weighted by Gasteiger charge is 2.25. The van der Waals surface area contributed by atoms with Crippen LogP contribution in [0.1, 0.15) is 46.5 Å². The molecule has 1 rings (SSSR count). The molecule has 0 heterocycles. The lowest BCUT2D eigenvalue weighted by Crippen LogP contribution is -2.28. The van der Waals surface area contributed by atoms with Crippen LogP contribution in [0, 0.1) is 5.92 Å². The van der Waals surface area contributed by atoms with Crippen molar-refractivity contribution < 1.29 is 19.2 Å². The van der Waals surface area contributed by atoms with Crippen LogP contribution in [0.25, 0.3) is 0 Å². The fraction of sp³-hybridized carbons (Fsp3) is 0.769. The van der Waals surface area contributed by atoms with Gasteiger partial charge >= 0.3 is 5.97 Å². The lowest BCUT2D eigenvalue weighted by Gasteiger charge is -2.26. The Labute approximate surface area is 108 Å². The summed E-state index contributed by atoms with van der Waals surface area (Å²) >= 11 is 0. The Kier molecular flexibility index (Phi) is 5.82. The van der Waals surface area contributed by atoms with Gasteiger partial charge in [0.05, 0.1) is 6.61 Å². The zero-order valence-corrected chi connectivity index (χ0v) is 11.3. The van der Waals surface area contributed by atoms with Crippen LogP contribution in [0.5, 0.6) is 0 Å². The number of carbonyl (C=O) groups excluding carboxylic acids is 2. The maximum absolute atomic E-state index is 11.5. The molecular formula is C13H21NO4. The van der Waals surface area contributed by atoms with Crippen LogP contribution in [0.4, 0.5) is 0 Å². The molecule has 1 saturated carbocycles. The molecule has 0 aromatic rings. The predicted octanol–water partition coefficient (Wildman–Crippen LogP) is 2.09. The molecular weight excluding hydrogens is 234 g/mol. The summed E-state index contributed by atoms with van der Waals surface area (Å²) in [6.07, 6.45) is 4.29. The van der Waals surface area contributed by atoms with Gasteiger partial charge in [0.25, 0.3) is 0 Å². The van der Waals surface area contributed by atoms with Gasteiger partial charge in [-0.2, -0.15) is 0 Å². The summed E-state index contributed by atoms with van der Waals surface area (Å²) in [7, 11) is 0. The number of hydrogen-bond donors (Lipinski definition) is 0. The zero-order chi connectivity index (χ0) is 13.5. The van der Waals surface area contributed by atoms with Gasteiger partial charge in [0.2, 0.25) is 5.71 Å². The summed E-state index contributed by atoms with van der Waals surface area (Å²) in [6, 6.07) is 0. The second kappa shape index (κ2) is 7.13. The normalized spacial score (nSPS) is 24.5. The van der Waals surface area contributed by atoms with E-state index in [9.17, 15) is 9.59 Å². The lowest BCUT2D eigenvalue weighted by atomic mass is 9.88. The zero-order valence-electron chi connectivity index (χ0n) is 11.3. The molecule has 0 aromatic heterocycles. The fourth-order valence-electron chi connectivity index (χ4n) is 2.00. The summed E-state index contributed by atoms with van der Waals surface area (Å²) in [6.45, 7) is 5.27. The van der Waals surface area contributed by atoms with E-state index < -0.39 is 11.8 Å². The third-order valence-corrected chi connectivity index (χ3v) is 3.11. The van der Waals surface area contributed by atoms with Crippen molar-refractivity contribution >= 4 is 17.5 Å². The van der Waals surface area contributed by atoms with Crippen molar-refractivity contribution in [1.29, 1.82) is 0 Å². The number of oxime groups is 1. The molecule has 1 aliphatic rings. The summed E-state index contributed by atoms with van der Waals surface area (Å²) in [4.78, 5) is 28.1. The molecule has 1 fully saturated rings. The van der Waals surface area contributed by atoms with E-state index in [-0.39, 0.29) is 18.4 Å². The van der Waals surface area contributed by atoms with E-state index in [1.807, 2.05) is 0 Å². The summed E-state index contributed by atoms with van der Waals surface area (Å²) in [5, 5.41) is 3.71. The van der Waals surface area contributed by atoms with Gasteiger partial charge in [-0.1, -0.05) is 18.5 Å². The molecule has 0 aromatic carbocycles. The van der Waals surface area contributed by atoms with E-state index in [4.69, 9.17) is 9.57 Å². The molecule has 1 aliphatic carbocycles. The van der Waals surface area contributed by atoms with E-state index in [1.165, 1.54) is 13.3 Å². The number of nitrogens with zero attached hydrogens (tertiary/aromatic N) is 1. The van der Waals surface area contributed by atoms with Gasteiger partial charge in [-0.05, 0) is 32.1 Å². The van der Waals surface area contributed by atoms with Crippen LogP contribution in [0.2, 0.25) is 0 Å². The SMILES string of the molecule is CCOC(=O)/C(=N\O[C@@H]1CCCC[C@@H]1C)C(C)=O. The molecule has 5 heteroatoms. The summed E-state index contributed by atoms with van der Waals surface area (Å²) < 4.78 is 4.76. The Morgan fingerprint density at radius 3 is 2.50 bits per heavy atom. The minimum Gasteiger partial charge on any atom is -0.461 e. The van der Waals surface area contributed by atoms with Crippen LogP contribution >= 0.6 is 0 Å². The largest absolute Gasteiger partial charge is 0.461 e. The average molecular weight is 255 g/mol. The molecule has 0 N–H and O–H groups in total. The van der Waals surface area contributed by atoms with E-state index in [0.717, 1.165) is 19.3 Å². The van der Waals surface area contributed by atoms with E-state index in [2.05, 4.69) is 12.1 Å². The number of esters is 1. The quantitative estimate of drug-likeness (QED) is 0.326. The smallest absolute Gasteiger partial charge is 0.364 e. The van der Waals surface area contributed by atoms with Crippen molar-refractivity contribution in [3.8, 4) is 0 Å². The van der Waals surface area contributed by atoms with Crippen molar-refractivity contribution in [1.82, 2.24) is 0 Å². The molecule has 0 unspecified atom stereocenters. The molecule has 18 heavy (non-hydrogen) atoms. The maximum Gasteiger partial charge on any atom is 0.364 e. The summed E-state index contributed by atoms with van der Waals surface area (Å²) in [5.74, 6) is -0.747. The highest BCUT2D eigenvalue weighted by atomic mass is 16.6. The number of Topliss-reactive ketones (excluding diaryl/α,β-unsaturated/α-hetero) is 1. The predicted molar refractivity (Wildman–Crippen MR) is 67.3 cm³/mol. The number of ether oxygens (including phenoxy) is 1. The number of carbonyl (C=O) groups is 2. The highest BCUT2D eigenvalue weighted by Crippen LogP contribution is 2.26. The van der Waals surface area contributed by atoms with Crippen LogP contribution < -0.4 is 0 Å². The molecule has 0 saturated heterocycles. The third-order valence-electron chi connectivity index (χ3n) is 3.11. The first-order valence-electron chi connectivity index (χ1n) is 6.48. The Balaban J connectivity index is 2.65. The number of ketones is 1. The maximum atomic E-state index is 11.5. The van der Waals surface area contributed by atoms with Crippen LogP contribution in [-0.2, 0) is 19.2 Å². The van der Waals surface area contributed by atoms with Crippen molar-refractivity contribution in [3.05, 3.63) is 0 Å². The van der Waals surface area contributed by atoms with Crippen molar-refractivity contribution in [2.75, 3.05) is 6.61 Å². The number of hydrogen-bond acceptors (Lipinski definition) is 5. The second-order valence-corrected chi connectivity index (χ2v) is 4.62. The van der Waals surface area contributed by atoms with Crippen LogP contribution in [0.3, 0.4) is 0 Å². The fourth-order valence-corrected chi connectivity index (χ4v) is 2.00. The van der Waals surface area contributed by atoms with E-state index in [0.29, 0.717) is 5.92 Å². The Bertz CT molecular complexity index is 338. The Hall–Kier alpha value is -1.39. The third kappa shape index (κ3) is 4.13. The molecule has 0 aliphatic heterocycles. The van der Waals surface area contributed by atoms with Gasteiger partial charge in [0.1, 0.15) is 6.10 Å². The summed E-state index contributed by atoms with van der Waals surface area (Å²) in [5.41, 5.74) is -0.255. The van der Waals surface area contributed by atoms with E-state index in [1.54, 1.807) is 6.92 Å². The molecule has 0 spiro atoms. The van der Waals surface area contributed by atoms with Gasteiger partial charge in [0.15, 0.2) is 5.78 Å². The first kappa shape index (κ1) is 14.7. The van der Waals surface area contributed by atoms with Crippen molar-refractivity contribution in [3.63, 3.8) is 0 Å². The molecule has 5 nitrogen and oxygen atoms in total.